The van der Waals surface area contributed by atoms with Crippen LogP contribution in [0.15, 0.2) is 23.1 Å². The van der Waals surface area contributed by atoms with Gasteiger partial charge < -0.3 is 0 Å². The maximum Gasteiger partial charge on any atom is 0.243 e. The van der Waals surface area contributed by atoms with Crippen LogP contribution < -0.4 is 0 Å². The van der Waals surface area contributed by atoms with Crippen molar-refractivity contribution in [2.24, 2.45) is 0 Å². The number of fused-ring (bicyclic) bond motifs is 1. The number of sulfonamides is 1. The highest BCUT2D eigenvalue weighted by Gasteiger charge is 2.32. The fourth-order valence-corrected chi connectivity index (χ4v) is 5.02. The number of rotatable bonds is 2. The molecule has 1 atom stereocenters. The minimum absolute atomic E-state index is 0.140. The van der Waals surface area contributed by atoms with Crippen molar-refractivity contribution in [3.8, 4) is 0 Å². The first-order valence-electron chi connectivity index (χ1n) is 7.23. The van der Waals surface area contributed by atoms with E-state index < -0.39 is 10.0 Å². The predicted octanol–water partition coefficient (Wildman–Crippen LogP) is 2.74. The molecule has 1 saturated heterocycles. The van der Waals surface area contributed by atoms with E-state index in [0.717, 1.165) is 25.7 Å². The second-order valence-corrected chi connectivity index (χ2v) is 7.64. The van der Waals surface area contributed by atoms with Crippen LogP contribution in [0.2, 0.25) is 0 Å². The van der Waals surface area contributed by atoms with Gasteiger partial charge in [-0.3, -0.25) is 0 Å². The maximum absolute atomic E-state index is 12.7. The lowest BCUT2D eigenvalue weighted by molar-refractivity contribution is 0.408. The lowest BCUT2D eigenvalue weighted by Crippen LogP contribution is -2.33. The first-order chi connectivity index (χ1) is 9.09. The zero-order valence-corrected chi connectivity index (χ0v) is 12.2. The molecule has 19 heavy (non-hydrogen) atoms. The maximum atomic E-state index is 12.7. The lowest BCUT2D eigenvalue weighted by atomic mass is 9.92. The second kappa shape index (κ2) is 4.91. The van der Waals surface area contributed by atoms with Crippen molar-refractivity contribution in [1.82, 2.24) is 4.31 Å². The molecule has 2 aliphatic rings. The minimum Gasteiger partial charge on any atom is -0.207 e. The molecule has 0 aromatic heterocycles. The fourth-order valence-electron chi connectivity index (χ4n) is 3.27. The standard InChI is InChI=1S/C15H21NO2S/c1-12-5-4-10-16(12)19(17,18)15-9-8-13-6-2-3-7-14(13)11-15/h8-9,11-12H,2-7,10H2,1H3. The molecule has 0 bridgehead atoms. The van der Waals surface area contributed by atoms with Gasteiger partial charge in [0.1, 0.15) is 0 Å². The zero-order chi connectivity index (χ0) is 13.5. The van der Waals surface area contributed by atoms with E-state index in [4.69, 9.17) is 0 Å². The van der Waals surface area contributed by atoms with E-state index in [9.17, 15) is 8.42 Å². The van der Waals surface area contributed by atoms with Crippen molar-refractivity contribution in [3.63, 3.8) is 0 Å². The summed E-state index contributed by atoms with van der Waals surface area (Å²) in [5.74, 6) is 0. The van der Waals surface area contributed by atoms with Crippen LogP contribution in [-0.2, 0) is 22.9 Å². The van der Waals surface area contributed by atoms with E-state index in [1.807, 2.05) is 19.1 Å². The van der Waals surface area contributed by atoms with E-state index in [0.29, 0.717) is 11.4 Å². The molecule has 0 N–H and O–H groups in total. The van der Waals surface area contributed by atoms with Crippen LogP contribution in [0.1, 0.15) is 43.7 Å². The van der Waals surface area contributed by atoms with Crippen molar-refractivity contribution in [1.29, 1.82) is 0 Å². The van der Waals surface area contributed by atoms with Crippen molar-refractivity contribution in [2.75, 3.05) is 6.54 Å². The molecule has 3 rings (SSSR count). The van der Waals surface area contributed by atoms with Gasteiger partial charge in [-0.15, -0.1) is 0 Å². The molecule has 1 aromatic rings. The molecule has 1 fully saturated rings. The number of hydrogen-bond donors (Lipinski definition) is 0. The Hall–Kier alpha value is -0.870. The zero-order valence-electron chi connectivity index (χ0n) is 11.4. The summed E-state index contributed by atoms with van der Waals surface area (Å²) in [6.07, 6.45) is 6.47. The summed E-state index contributed by atoms with van der Waals surface area (Å²) >= 11 is 0. The molecular formula is C15H21NO2S. The minimum atomic E-state index is -3.29. The van der Waals surface area contributed by atoms with Gasteiger partial charge in [-0.1, -0.05) is 6.07 Å². The molecule has 1 heterocycles. The summed E-state index contributed by atoms with van der Waals surface area (Å²) in [4.78, 5) is 0.488. The smallest absolute Gasteiger partial charge is 0.207 e. The highest BCUT2D eigenvalue weighted by molar-refractivity contribution is 7.89. The lowest BCUT2D eigenvalue weighted by Gasteiger charge is -2.22. The molecule has 1 aromatic carbocycles. The quantitative estimate of drug-likeness (QED) is 0.835. The number of aryl methyl sites for hydroxylation is 2. The van der Waals surface area contributed by atoms with Gasteiger partial charge in [0.05, 0.1) is 4.90 Å². The molecule has 0 spiro atoms. The van der Waals surface area contributed by atoms with E-state index in [-0.39, 0.29) is 6.04 Å². The Balaban J connectivity index is 1.97. The monoisotopic (exact) mass is 279 g/mol. The van der Waals surface area contributed by atoms with Gasteiger partial charge in [0.25, 0.3) is 0 Å². The SMILES string of the molecule is CC1CCCN1S(=O)(=O)c1ccc2c(c1)CCCC2. The van der Waals surface area contributed by atoms with Gasteiger partial charge in [-0.2, -0.15) is 4.31 Å². The first kappa shape index (κ1) is 13.1. The van der Waals surface area contributed by atoms with Gasteiger partial charge in [0, 0.05) is 12.6 Å². The summed E-state index contributed by atoms with van der Waals surface area (Å²) in [6.45, 7) is 2.67. The largest absolute Gasteiger partial charge is 0.243 e. The molecule has 1 unspecified atom stereocenters. The third-order valence-corrected chi connectivity index (χ3v) is 6.43. The predicted molar refractivity (Wildman–Crippen MR) is 75.7 cm³/mol. The van der Waals surface area contributed by atoms with Gasteiger partial charge in [-0.25, -0.2) is 8.42 Å². The Morgan fingerprint density at radius 2 is 1.84 bits per heavy atom. The number of nitrogens with zero attached hydrogens (tertiary/aromatic N) is 1. The number of hydrogen-bond acceptors (Lipinski definition) is 2. The Morgan fingerprint density at radius 1 is 1.11 bits per heavy atom. The van der Waals surface area contributed by atoms with E-state index in [1.54, 1.807) is 10.4 Å². The fraction of sp³-hybridized carbons (Fsp3) is 0.600. The second-order valence-electron chi connectivity index (χ2n) is 5.74. The van der Waals surface area contributed by atoms with Crippen LogP contribution in [0.4, 0.5) is 0 Å². The van der Waals surface area contributed by atoms with E-state index in [2.05, 4.69) is 0 Å². The van der Waals surface area contributed by atoms with Crippen LogP contribution in [-0.4, -0.2) is 25.3 Å². The summed E-state index contributed by atoms with van der Waals surface area (Å²) in [5.41, 5.74) is 2.57. The van der Waals surface area contributed by atoms with Crippen molar-refractivity contribution in [3.05, 3.63) is 29.3 Å². The van der Waals surface area contributed by atoms with Crippen LogP contribution >= 0.6 is 0 Å². The molecule has 1 aliphatic heterocycles. The summed E-state index contributed by atoms with van der Waals surface area (Å²) in [5, 5.41) is 0. The third-order valence-electron chi connectivity index (χ3n) is 4.42. The highest BCUT2D eigenvalue weighted by atomic mass is 32.2. The highest BCUT2D eigenvalue weighted by Crippen LogP contribution is 2.29. The average Bonchev–Trinajstić information content (AvgIpc) is 2.85. The van der Waals surface area contributed by atoms with Crippen LogP contribution in [0, 0.1) is 0 Å². The molecular weight excluding hydrogens is 258 g/mol. The normalized spacial score (nSPS) is 24.4. The summed E-state index contributed by atoms with van der Waals surface area (Å²) in [6, 6.07) is 5.86. The molecule has 0 amide bonds. The van der Waals surface area contributed by atoms with Crippen LogP contribution in [0.3, 0.4) is 0 Å². The van der Waals surface area contributed by atoms with Gasteiger partial charge in [-0.05, 0) is 68.7 Å². The van der Waals surface area contributed by atoms with Gasteiger partial charge in [0.15, 0.2) is 0 Å². The molecule has 3 nitrogen and oxygen atoms in total. The molecule has 104 valence electrons. The average molecular weight is 279 g/mol. The van der Waals surface area contributed by atoms with Crippen molar-refractivity contribution in [2.45, 2.75) is 56.4 Å². The number of benzene rings is 1. The molecule has 1 aliphatic carbocycles. The summed E-state index contributed by atoms with van der Waals surface area (Å²) in [7, 11) is -3.29. The van der Waals surface area contributed by atoms with Gasteiger partial charge >= 0.3 is 0 Å². The molecule has 4 heteroatoms. The van der Waals surface area contributed by atoms with E-state index in [1.165, 1.54) is 24.0 Å². The topological polar surface area (TPSA) is 37.4 Å². The first-order valence-corrected chi connectivity index (χ1v) is 8.67. The Bertz CT molecular complexity index is 580. The van der Waals surface area contributed by atoms with Crippen molar-refractivity contribution >= 4 is 10.0 Å². The van der Waals surface area contributed by atoms with Gasteiger partial charge in [0.2, 0.25) is 10.0 Å². The van der Waals surface area contributed by atoms with Crippen LogP contribution in [0.25, 0.3) is 0 Å². The molecule has 0 radical (unpaired) electrons. The Morgan fingerprint density at radius 3 is 2.53 bits per heavy atom. The third kappa shape index (κ3) is 2.32. The Kier molecular flexibility index (Phi) is 3.39. The molecule has 0 saturated carbocycles. The van der Waals surface area contributed by atoms with E-state index >= 15 is 0 Å². The van der Waals surface area contributed by atoms with Crippen molar-refractivity contribution < 1.29 is 8.42 Å². The summed E-state index contributed by atoms with van der Waals surface area (Å²) < 4.78 is 27.0. The Labute approximate surface area is 115 Å². The van der Waals surface area contributed by atoms with Crippen LogP contribution in [0.5, 0.6) is 0 Å².